The first-order valence-corrected chi connectivity index (χ1v) is 16.1. The fraction of sp³-hybridized carbons (Fsp3) is 0.486. The van der Waals surface area contributed by atoms with Gasteiger partial charge < -0.3 is 25.6 Å². The Morgan fingerprint density at radius 2 is 1.57 bits per heavy atom. The number of aliphatic hydroxyl groups is 1. The Balaban J connectivity index is 0.000000326. The molecule has 0 spiro atoms. The van der Waals surface area contributed by atoms with Crippen LogP contribution in [0.5, 0.6) is 5.75 Å². The lowest BCUT2D eigenvalue weighted by Gasteiger charge is -2.36. The van der Waals surface area contributed by atoms with E-state index in [-0.39, 0.29) is 18.5 Å². The molecule has 1 heterocycles. The molecule has 0 saturated heterocycles. The van der Waals surface area contributed by atoms with Crippen molar-refractivity contribution >= 4 is 11.9 Å². The van der Waals surface area contributed by atoms with Gasteiger partial charge in [-0.05, 0) is 75.9 Å². The summed E-state index contributed by atoms with van der Waals surface area (Å²) in [5.74, 6) is 0.140. The predicted octanol–water partition coefficient (Wildman–Crippen LogP) is 4.89. The van der Waals surface area contributed by atoms with Gasteiger partial charge in [0.05, 0.1) is 12.8 Å². The summed E-state index contributed by atoms with van der Waals surface area (Å²) >= 11 is 0. The summed E-state index contributed by atoms with van der Waals surface area (Å²) in [7, 11) is 1.39. The minimum atomic E-state index is -0.926. The molecule has 0 aliphatic carbocycles. The molecule has 4 N–H and O–H groups in total. The van der Waals surface area contributed by atoms with Crippen molar-refractivity contribution in [2.75, 3.05) is 26.8 Å². The monoisotopic (exact) mass is 634 g/mol. The van der Waals surface area contributed by atoms with E-state index in [1.54, 1.807) is 6.20 Å². The number of benzene rings is 2. The average molecular weight is 635 g/mol. The molecule has 0 fully saturated rings. The highest BCUT2D eigenvalue weighted by atomic mass is 16.5. The Morgan fingerprint density at radius 1 is 0.935 bits per heavy atom. The summed E-state index contributed by atoms with van der Waals surface area (Å²) < 4.78 is 10.1. The van der Waals surface area contributed by atoms with Crippen molar-refractivity contribution in [3.63, 3.8) is 0 Å². The first-order chi connectivity index (χ1) is 21.9. The molecule has 9 nitrogen and oxygen atoms in total. The van der Waals surface area contributed by atoms with E-state index in [2.05, 4.69) is 47.6 Å². The normalized spacial score (nSPS) is 13.2. The smallest absolute Gasteiger partial charge is 0.305 e. The number of pyridine rings is 1. The summed E-state index contributed by atoms with van der Waals surface area (Å²) in [5.41, 5.74) is 7.71. The summed E-state index contributed by atoms with van der Waals surface area (Å²) in [6.07, 6.45) is 2.80. The average Bonchev–Trinajstić information content (AvgIpc) is 3.04. The first-order valence-electron chi connectivity index (χ1n) is 16.1. The van der Waals surface area contributed by atoms with Crippen molar-refractivity contribution < 1.29 is 24.2 Å². The molecule has 3 rings (SSSR count). The number of aryl methyl sites for hydroxylation is 1. The van der Waals surface area contributed by atoms with Crippen molar-refractivity contribution in [2.24, 2.45) is 5.73 Å². The van der Waals surface area contributed by atoms with E-state index in [1.807, 2.05) is 86.6 Å². The number of nitrogens with two attached hydrogens (primary N) is 1. The van der Waals surface area contributed by atoms with Crippen LogP contribution in [0.15, 0.2) is 79.0 Å². The molecule has 0 aliphatic heterocycles. The van der Waals surface area contributed by atoms with Crippen LogP contribution >= 0.6 is 0 Å². The maximum Gasteiger partial charge on any atom is 0.305 e. The fourth-order valence-electron chi connectivity index (χ4n) is 5.28. The Bertz CT molecular complexity index is 1240. The van der Waals surface area contributed by atoms with Gasteiger partial charge in [0.25, 0.3) is 0 Å². The second-order valence-electron chi connectivity index (χ2n) is 12.3. The van der Waals surface area contributed by atoms with Gasteiger partial charge in [-0.25, -0.2) is 0 Å². The number of aromatic nitrogens is 1. The van der Waals surface area contributed by atoms with E-state index in [0.717, 1.165) is 17.7 Å². The van der Waals surface area contributed by atoms with Gasteiger partial charge in [-0.3, -0.25) is 19.5 Å². The van der Waals surface area contributed by atoms with Gasteiger partial charge in [-0.2, -0.15) is 0 Å². The van der Waals surface area contributed by atoms with Crippen LogP contribution in [0, 0.1) is 0 Å². The zero-order valence-electron chi connectivity index (χ0n) is 28.6. The SMILES string of the molecule is CC(C)N(CCC(C(N)=O)(c1ccccc1)c1ccccn1)C(C)C.COC(=O)CCc1ccc(OCC(O)CNC(C)C)cc1. The van der Waals surface area contributed by atoms with Gasteiger partial charge in [0, 0.05) is 43.8 Å². The highest BCUT2D eigenvalue weighted by Crippen LogP contribution is 2.35. The van der Waals surface area contributed by atoms with Gasteiger partial charge in [-0.15, -0.1) is 0 Å². The number of primary amides is 1. The number of hydrogen-bond acceptors (Lipinski definition) is 8. The minimum absolute atomic E-state index is 0.212. The molecule has 1 amide bonds. The van der Waals surface area contributed by atoms with E-state index < -0.39 is 11.5 Å². The number of amides is 1. The standard InChI is InChI=1S/C21H29N3O.C16H25NO4/c1-16(2)24(17(3)4)15-13-21(20(22)25,18-10-6-5-7-11-18)19-12-8-9-14-23-19;1-12(2)17-10-14(18)11-21-15-7-4-13(5-8-15)6-9-16(19)20-3/h5-12,14,16-17H,13,15H2,1-4H3,(H2,22,25);4-5,7-8,12,14,17-18H,6,9-11H2,1-3H3. The summed E-state index contributed by atoms with van der Waals surface area (Å²) in [6, 6.07) is 24.1. The number of hydrogen-bond donors (Lipinski definition) is 3. The van der Waals surface area contributed by atoms with Crippen LogP contribution in [-0.4, -0.2) is 77.9 Å². The topological polar surface area (TPSA) is 127 Å². The van der Waals surface area contributed by atoms with Crippen LogP contribution in [0.25, 0.3) is 0 Å². The highest BCUT2D eigenvalue weighted by Gasteiger charge is 2.42. The molecule has 0 aliphatic rings. The van der Waals surface area contributed by atoms with Gasteiger partial charge in [0.2, 0.25) is 5.91 Å². The van der Waals surface area contributed by atoms with Gasteiger partial charge in [0.1, 0.15) is 23.9 Å². The van der Waals surface area contributed by atoms with Crippen molar-refractivity contribution in [1.82, 2.24) is 15.2 Å². The Labute approximate surface area is 275 Å². The van der Waals surface area contributed by atoms with Crippen LogP contribution in [0.4, 0.5) is 0 Å². The molecular formula is C37H54N4O5. The summed E-state index contributed by atoms with van der Waals surface area (Å²) in [4.78, 5) is 30.7. The van der Waals surface area contributed by atoms with E-state index in [0.29, 0.717) is 55.4 Å². The van der Waals surface area contributed by atoms with Crippen LogP contribution in [0.3, 0.4) is 0 Å². The van der Waals surface area contributed by atoms with Gasteiger partial charge in [-0.1, -0.05) is 62.4 Å². The van der Waals surface area contributed by atoms with Crippen LogP contribution in [0.2, 0.25) is 0 Å². The molecule has 0 saturated carbocycles. The molecule has 2 aromatic carbocycles. The Morgan fingerprint density at radius 3 is 2.09 bits per heavy atom. The maximum absolute atomic E-state index is 12.7. The lowest BCUT2D eigenvalue weighted by Crippen LogP contribution is -2.47. The van der Waals surface area contributed by atoms with Crippen LogP contribution in [-0.2, 0) is 26.2 Å². The largest absolute Gasteiger partial charge is 0.491 e. The third-order valence-electron chi connectivity index (χ3n) is 7.83. The number of nitrogens with zero attached hydrogens (tertiary/aromatic N) is 2. The number of ether oxygens (including phenoxy) is 2. The minimum Gasteiger partial charge on any atom is -0.491 e. The first kappa shape index (κ1) is 38.4. The summed E-state index contributed by atoms with van der Waals surface area (Å²) in [6.45, 7) is 14.3. The number of methoxy groups -OCH3 is 1. The zero-order valence-corrected chi connectivity index (χ0v) is 28.6. The van der Waals surface area contributed by atoms with Gasteiger partial charge >= 0.3 is 5.97 Å². The second kappa shape index (κ2) is 19.7. The zero-order chi connectivity index (χ0) is 34.1. The molecule has 2 atom stereocenters. The lowest BCUT2D eigenvalue weighted by molar-refractivity contribution is -0.140. The molecular weight excluding hydrogens is 580 g/mol. The maximum atomic E-state index is 12.7. The number of carbonyl (C=O) groups excluding carboxylic acids is 2. The molecule has 46 heavy (non-hydrogen) atoms. The third-order valence-corrected chi connectivity index (χ3v) is 7.83. The molecule has 252 valence electrons. The molecule has 0 radical (unpaired) electrons. The van der Waals surface area contributed by atoms with Crippen molar-refractivity contribution in [1.29, 1.82) is 0 Å². The predicted molar refractivity (Wildman–Crippen MR) is 184 cm³/mol. The van der Waals surface area contributed by atoms with Crippen molar-refractivity contribution in [3.05, 3.63) is 95.8 Å². The number of aliphatic hydroxyl groups excluding tert-OH is 1. The molecule has 3 aromatic rings. The van der Waals surface area contributed by atoms with Crippen LogP contribution < -0.4 is 15.8 Å². The molecule has 1 aromatic heterocycles. The number of esters is 1. The number of rotatable bonds is 17. The van der Waals surface area contributed by atoms with E-state index in [9.17, 15) is 14.7 Å². The van der Waals surface area contributed by atoms with E-state index >= 15 is 0 Å². The Kier molecular flexibility index (Phi) is 16.4. The van der Waals surface area contributed by atoms with Gasteiger partial charge in [0.15, 0.2) is 0 Å². The van der Waals surface area contributed by atoms with Crippen LogP contribution in [0.1, 0.15) is 71.2 Å². The molecule has 2 unspecified atom stereocenters. The number of carbonyl (C=O) groups is 2. The van der Waals surface area contributed by atoms with Crippen molar-refractivity contribution in [3.8, 4) is 5.75 Å². The quantitative estimate of drug-likeness (QED) is 0.179. The third kappa shape index (κ3) is 12.2. The second-order valence-corrected chi connectivity index (χ2v) is 12.3. The van der Waals surface area contributed by atoms with E-state index in [4.69, 9.17) is 10.5 Å². The number of nitrogens with one attached hydrogen (secondary N) is 1. The molecule has 0 bridgehead atoms. The Hall–Kier alpha value is -3.79. The lowest BCUT2D eigenvalue weighted by atomic mass is 9.73. The van der Waals surface area contributed by atoms with Crippen molar-refractivity contribution in [2.45, 2.75) is 90.4 Å². The van der Waals surface area contributed by atoms with E-state index in [1.165, 1.54) is 7.11 Å². The molecule has 9 heteroatoms. The fourth-order valence-corrected chi connectivity index (χ4v) is 5.28. The summed E-state index contributed by atoms with van der Waals surface area (Å²) in [5, 5.41) is 12.9. The highest BCUT2D eigenvalue weighted by molar-refractivity contribution is 5.90.